The summed E-state index contributed by atoms with van der Waals surface area (Å²) in [6, 6.07) is 4.61. The molecule has 0 aliphatic heterocycles. The van der Waals surface area contributed by atoms with E-state index in [2.05, 4.69) is 15.3 Å². The van der Waals surface area contributed by atoms with Crippen LogP contribution in [0.25, 0.3) is 10.2 Å². The van der Waals surface area contributed by atoms with Crippen molar-refractivity contribution in [2.45, 2.75) is 38.1 Å². The number of aryl methyl sites for hydroxylation is 3. The van der Waals surface area contributed by atoms with E-state index >= 15 is 0 Å². The van der Waals surface area contributed by atoms with Gasteiger partial charge < -0.3 is 11.1 Å². The van der Waals surface area contributed by atoms with Crippen LogP contribution in [0, 0.1) is 26.6 Å². The molecule has 3 N–H and O–H groups in total. The molecule has 0 aliphatic rings. The fraction of sp³-hybridized carbons (Fsp3) is 0.278. The molecule has 5 nitrogen and oxygen atoms in total. The van der Waals surface area contributed by atoms with Crippen molar-refractivity contribution in [1.82, 2.24) is 9.97 Å². The van der Waals surface area contributed by atoms with E-state index in [1.807, 2.05) is 13.8 Å². The summed E-state index contributed by atoms with van der Waals surface area (Å²) in [5.41, 5.74) is 8.12. The predicted octanol–water partition coefficient (Wildman–Crippen LogP) is 4.46. The highest BCUT2D eigenvalue weighted by molar-refractivity contribution is 8.00. The number of fused-ring (bicyclic) bond motifs is 1. The van der Waals surface area contributed by atoms with Gasteiger partial charge in [0.15, 0.2) is 5.16 Å². The zero-order chi connectivity index (χ0) is 19.0. The third kappa shape index (κ3) is 3.66. The lowest BCUT2D eigenvalue weighted by Gasteiger charge is -2.12. The lowest BCUT2D eigenvalue weighted by Crippen LogP contribution is -2.22. The van der Waals surface area contributed by atoms with Crippen LogP contribution in [0.4, 0.5) is 15.9 Å². The summed E-state index contributed by atoms with van der Waals surface area (Å²) in [4.78, 5) is 23.2. The molecule has 0 bridgehead atoms. The third-order valence-corrected chi connectivity index (χ3v) is 6.19. The zero-order valence-corrected chi connectivity index (χ0v) is 16.5. The molecule has 0 spiro atoms. The average molecular weight is 391 g/mol. The minimum Gasteiger partial charge on any atom is -0.383 e. The van der Waals surface area contributed by atoms with E-state index in [9.17, 15) is 9.18 Å². The third-order valence-electron chi connectivity index (χ3n) is 4.13. The summed E-state index contributed by atoms with van der Waals surface area (Å²) in [5, 5.41) is 3.58. The Labute approximate surface area is 159 Å². The van der Waals surface area contributed by atoms with E-state index in [1.165, 1.54) is 17.8 Å². The molecule has 1 aromatic carbocycles. The van der Waals surface area contributed by atoms with Gasteiger partial charge in [0.05, 0.1) is 10.6 Å². The number of thioether (sulfide) groups is 1. The molecule has 3 rings (SSSR count). The number of nitrogens with zero attached hydrogens (tertiary/aromatic N) is 2. The van der Waals surface area contributed by atoms with Gasteiger partial charge in [-0.2, -0.15) is 0 Å². The number of aromatic nitrogens is 2. The van der Waals surface area contributed by atoms with Crippen LogP contribution >= 0.6 is 23.1 Å². The second kappa shape index (κ2) is 7.20. The van der Waals surface area contributed by atoms with Gasteiger partial charge in [0.1, 0.15) is 16.5 Å². The van der Waals surface area contributed by atoms with Crippen molar-refractivity contribution in [2.75, 3.05) is 11.1 Å². The van der Waals surface area contributed by atoms with Crippen LogP contribution in [-0.2, 0) is 4.79 Å². The Balaban J connectivity index is 1.76. The molecule has 3 aromatic rings. The van der Waals surface area contributed by atoms with Crippen LogP contribution in [0.5, 0.6) is 0 Å². The van der Waals surface area contributed by atoms with Crippen molar-refractivity contribution in [3.8, 4) is 0 Å². The van der Waals surface area contributed by atoms with Gasteiger partial charge in [0.25, 0.3) is 0 Å². The number of nitrogen functional groups attached to an aromatic ring is 1. The van der Waals surface area contributed by atoms with Gasteiger partial charge in [0, 0.05) is 10.6 Å². The fourth-order valence-electron chi connectivity index (χ4n) is 2.44. The van der Waals surface area contributed by atoms with E-state index in [0.29, 0.717) is 22.2 Å². The number of amides is 1. The van der Waals surface area contributed by atoms with E-state index in [4.69, 9.17) is 5.73 Å². The van der Waals surface area contributed by atoms with Crippen LogP contribution in [-0.4, -0.2) is 21.1 Å². The number of anilines is 2. The van der Waals surface area contributed by atoms with Crippen molar-refractivity contribution in [3.63, 3.8) is 0 Å². The van der Waals surface area contributed by atoms with Crippen LogP contribution in [0.15, 0.2) is 23.4 Å². The van der Waals surface area contributed by atoms with Gasteiger partial charge in [-0.3, -0.25) is 4.79 Å². The Morgan fingerprint density at radius 3 is 2.73 bits per heavy atom. The van der Waals surface area contributed by atoms with Crippen LogP contribution in [0.3, 0.4) is 0 Å². The van der Waals surface area contributed by atoms with Gasteiger partial charge in [-0.25, -0.2) is 14.4 Å². The highest BCUT2D eigenvalue weighted by Crippen LogP contribution is 2.34. The summed E-state index contributed by atoms with van der Waals surface area (Å²) in [6.07, 6.45) is 0. The molecular weight excluding hydrogens is 371 g/mol. The van der Waals surface area contributed by atoms with E-state index in [-0.39, 0.29) is 11.7 Å². The van der Waals surface area contributed by atoms with Gasteiger partial charge in [-0.1, -0.05) is 17.8 Å². The highest BCUT2D eigenvalue weighted by Gasteiger charge is 2.19. The minimum atomic E-state index is -0.460. The fourth-order valence-corrected chi connectivity index (χ4v) is 4.31. The maximum atomic E-state index is 13.6. The second-order valence-electron chi connectivity index (χ2n) is 6.07. The van der Waals surface area contributed by atoms with Crippen molar-refractivity contribution in [3.05, 3.63) is 40.0 Å². The number of carbonyl (C=O) groups is 1. The first-order valence-corrected chi connectivity index (χ1v) is 9.72. The number of halogens is 1. The van der Waals surface area contributed by atoms with Crippen LogP contribution in [0.2, 0.25) is 0 Å². The number of carbonyl (C=O) groups excluding carboxylic acids is 1. The molecule has 0 saturated carbocycles. The summed E-state index contributed by atoms with van der Waals surface area (Å²) in [6.45, 7) is 7.44. The van der Waals surface area contributed by atoms with Gasteiger partial charge >= 0.3 is 0 Å². The predicted molar refractivity (Wildman–Crippen MR) is 106 cm³/mol. The SMILES string of the molecule is Cc1ccc(NC(=O)C(C)Sc2nc(N)c3c(C)c(C)sc3n2)cc1F. The molecule has 2 aromatic heterocycles. The monoisotopic (exact) mass is 390 g/mol. The quantitative estimate of drug-likeness (QED) is 0.508. The van der Waals surface area contributed by atoms with Crippen LogP contribution < -0.4 is 11.1 Å². The first-order valence-electron chi connectivity index (χ1n) is 8.03. The first kappa shape index (κ1) is 18.6. The minimum absolute atomic E-state index is 0.251. The Morgan fingerprint density at radius 2 is 2.04 bits per heavy atom. The topological polar surface area (TPSA) is 80.9 Å². The highest BCUT2D eigenvalue weighted by atomic mass is 32.2. The number of thiophene rings is 1. The summed E-state index contributed by atoms with van der Waals surface area (Å²) < 4.78 is 13.6. The number of nitrogens with two attached hydrogens (primary N) is 1. The standard InChI is InChI=1S/C18H19FN4OS2/c1-8-5-6-12(7-13(8)19)21-16(24)11(4)26-18-22-15(20)14-9(2)10(3)25-17(14)23-18/h5-7,11H,1-4H3,(H,21,24)(H2,20,22,23). The van der Waals surface area contributed by atoms with Crippen molar-refractivity contribution >= 4 is 50.7 Å². The van der Waals surface area contributed by atoms with Gasteiger partial charge in [-0.15, -0.1) is 11.3 Å². The van der Waals surface area contributed by atoms with Crippen molar-refractivity contribution in [2.24, 2.45) is 0 Å². The molecular formula is C18H19FN4OS2. The zero-order valence-electron chi connectivity index (χ0n) is 14.9. The number of hydrogen-bond acceptors (Lipinski definition) is 6. The Bertz CT molecular complexity index is 1000. The molecule has 8 heteroatoms. The van der Waals surface area contributed by atoms with Crippen LogP contribution in [0.1, 0.15) is 22.9 Å². The maximum absolute atomic E-state index is 13.6. The van der Waals surface area contributed by atoms with E-state index in [1.54, 1.807) is 37.3 Å². The smallest absolute Gasteiger partial charge is 0.237 e. The largest absolute Gasteiger partial charge is 0.383 e. The molecule has 2 heterocycles. The molecule has 0 aliphatic carbocycles. The maximum Gasteiger partial charge on any atom is 0.237 e. The van der Waals surface area contributed by atoms with E-state index in [0.717, 1.165) is 20.7 Å². The molecule has 0 fully saturated rings. The molecule has 136 valence electrons. The van der Waals surface area contributed by atoms with Crippen molar-refractivity contribution in [1.29, 1.82) is 0 Å². The molecule has 0 saturated heterocycles. The lowest BCUT2D eigenvalue weighted by molar-refractivity contribution is -0.115. The summed E-state index contributed by atoms with van der Waals surface area (Å²) in [7, 11) is 0. The lowest BCUT2D eigenvalue weighted by atomic mass is 10.2. The number of rotatable bonds is 4. The first-order chi connectivity index (χ1) is 12.3. The van der Waals surface area contributed by atoms with Gasteiger partial charge in [0.2, 0.25) is 5.91 Å². The molecule has 0 radical (unpaired) electrons. The number of benzene rings is 1. The number of hydrogen-bond donors (Lipinski definition) is 2. The van der Waals surface area contributed by atoms with Crippen molar-refractivity contribution < 1.29 is 9.18 Å². The second-order valence-corrected chi connectivity index (χ2v) is 8.58. The normalized spacial score (nSPS) is 12.3. The summed E-state index contributed by atoms with van der Waals surface area (Å²) >= 11 is 2.78. The molecule has 1 unspecified atom stereocenters. The molecule has 26 heavy (non-hydrogen) atoms. The average Bonchev–Trinajstić information content (AvgIpc) is 2.85. The molecule has 1 amide bonds. The Hall–Kier alpha value is -2.19. The Kier molecular flexibility index (Phi) is 5.15. The molecule has 1 atom stereocenters. The summed E-state index contributed by atoms with van der Waals surface area (Å²) in [5.74, 6) is -0.181. The Morgan fingerprint density at radius 1 is 1.31 bits per heavy atom. The van der Waals surface area contributed by atoms with E-state index < -0.39 is 5.25 Å². The number of nitrogens with one attached hydrogen (secondary N) is 1. The van der Waals surface area contributed by atoms with Gasteiger partial charge in [-0.05, 0) is 51.0 Å².